The van der Waals surface area contributed by atoms with Crippen LogP contribution in [0.3, 0.4) is 0 Å². The first-order chi connectivity index (χ1) is 5.13. The summed E-state index contributed by atoms with van der Waals surface area (Å²) in [6, 6.07) is 0. The number of hydrogen-bond acceptors (Lipinski definition) is 2. The average Bonchev–Trinajstić information content (AvgIpc) is 1.88. The molecule has 0 bridgehead atoms. The minimum atomic E-state index is -0.169. The molecule has 0 aromatic carbocycles. The van der Waals surface area contributed by atoms with Gasteiger partial charge < -0.3 is 4.74 Å². The van der Waals surface area contributed by atoms with E-state index in [9.17, 15) is 4.79 Å². The van der Waals surface area contributed by atoms with Crippen LogP contribution in [0.15, 0.2) is 12.8 Å². The van der Waals surface area contributed by atoms with Gasteiger partial charge in [0.15, 0.2) is 0 Å². The summed E-state index contributed by atoms with van der Waals surface area (Å²) in [5, 5.41) is 0. The summed E-state index contributed by atoms with van der Waals surface area (Å²) >= 11 is 0. The van der Waals surface area contributed by atoms with Gasteiger partial charge >= 0.3 is 5.97 Å². The van der Waals surface area contributed by atoms with E-state index in [0.29, 0.717) is 5.92 Å². The third-order valence-corrected chi connectivity index (χ3v) is 1.75. The Hall–Kier alpha value is -0.790. The van der Waals surface area contributed by atoms with E-state index in [-0.39, 0.29) is 11.9 Å². The molecule has 2 nitrogen and oxygen atoms in total. The minimum Gasteiger partial charge on any atom is -0.435 e. The van der Waals surface area contributed by atoms with Crippen molar-refractivity contribution >= 4 is 5.97 Å². The molecule has 64 valence electrons. The molecule has 0 rings (SSSR count). The topological polar surface area (TPSA) is 26.3 Å². The summed E-state index contributed by atoms with van der Waals surface area (Å²) in [6.45, 7) is 9.34. The van der Waals surface area contributed by atoms with Crippen molar-refractivity contribution in [2.75, 3.05) is 0 Å². The Balaban J connectivity index is 4.02. The predicted octanol–water partition coefficient (Wildman–Crippen LogP) is 2.36. The maximum absolute atomic E-state index is 11.1. The fourth-order valence-corrected chi connectivity index (χ4v) is 1.08. The second-order valence-corrected chi connectivity index (χ2v) is 2.86. The van der Waals surface area contributed by atoms with Gasteiger partial charge in [-0.05, 0) is 12.3 Å². The smallest absolute Gasteiger partial charge is 0.313 e. The van der Waals surface area contributed by atoms with Crippen molar-refractivity contribution in [2.45, 2.75) is 27.2 Å². The van der Waals surface area contributed by atoms with E-state index in [1.54, 1.807) is 0 Å². The third-order valence-electron chi connectivity index (χ3n) is 1.75. The normalized spacial score (nSPS) is 12.7. The quantitative estimate of drug-likeness (QED) is 0.461. The van der Waals surface area contributed by atoms with Crippen LogP contribution in [0, 0.1) is 11.8 Å². The van der Waals surface area contributed by atoms with Crippen LogP contribution in [0.1, 0.15) is 27.2 Å². The summed E-state index contributed by atoms with van der Waals surface area (Å²) in [6.07, 6.45) is 2.01. The lowest BCUT2D eigenvalue weighted by atomic mass is 9.94. The molecule has 0 saturated heterocycles. The summed E-state index contributed by atoms with van der Waals surface area (Å²) in [5.41, 5.74) is 0. The van der Waals surface area contributed by atoms with E-state index < -0.39 is 0 Å². The molecule has 0 aliphatic rings. The van der Waals surface area contributed by atoms with Crippen LogP contribution in [-0.2, 0) is 9.53 Å². The van der Waals surface area contributed by atoms with Crippen molar-refractivity contribution in [1.82, 2.24) is 0 Å². The zero-order valence-corrected chi connectivity index (χ0v) is 7.46. The van der Waals surface area contributed by atoms with Crippen molar-refractivity contribution in [1.29, 1.82) is 0 Å². The zero-order chi connectivity index (χ0) is 8.85. The number of esters is 1. The van der Waals surface area contributed by atoms with Gasteiger partial charge in [0.1, 0.15) is 0 Å². The van der Waals surface area contributed by atoms with Crippen molar-refractivity contribution in [2.24, 2.45) is 11.8 Å². The highest BCUT2D eigenvalue weighted by Crippen LogP contribution is 2.16. The Morgan fingerprint density at radius 1 is 1.64 bits per heavy atom. The second kappa shape index (κ2) is 4.94. The Bertz CT molecular complexity index is 138. The molecule has 1 atom stereocenters. The van der Waals surface area contributed by atoms with Crippen LogP contribution in [0.4, 0.5) is 0 Å². The van der Waals surface area contributed by atoms with Crippen LogP contribution in [0.25, 0.3) is 0 Å². The van der Waals surface area contributed by atoms with Gasteiger partial charge in [-0.2, -0.15) is 0 Å². The maximum Gasteiger partial charge on any atom is 0.313 e. The van der Waals surface area contributed by atoms with Gasteiger partial charge in [0.25, 0.3) is 0 Å². The van der Waals surface area contributed by atoms with Gasteiger partial charge in [-0.15, -0.1) is 0 Å². The molecule has 0 amide bonds. The highest BCUT2D eigenvalue weighted by Gasteiger charge is 2.20. The second-order valence-electron chi connectivity index (χ2n) is 2.86. The highest BCUT2D eigenvalue weighted by atomic mass is 16.5. The maximum atomic E-state index is 11.1. The molecule has 0 spiro atoms. The van der Waals surface area contributed by atoms with Crippen LogP contribution < -0.4 is 0 Å². The van der Waals surface area contributed by atoms with Crippen molar-refractivity contribution < 1.29 is 9.53 Å². The van der Waals surface area contributed by atoms with Crippen LogP contribution in [-0.4, -0.2) is 5.97 Å². The Morgan fingerprint density at radius 3 is 2.45 bits per heavy atom. The lowest BCUT2D eigenvalue weighted by molar-refractivity contribution is -0.144. The zero-order valence-electron chi connectivity index (χ0n) is 7.46. The van der Waals surface area contributed by atoms with E-state index in [2.05, 4.69) is 11.3 Å². The molecule has 0 aliphatic heterocycles. The SMILES string of the molecule is C=COC(=O)C(CC)C(C)C. The molecule has 0 aromatic heterocycles. The lowest BCUT2D eigenvalue weighted by Crippen LogP contribution is -2.20. The average molecular weight is 156 g/mol. The summed E-state index contributed by atoms with van der Waals surface area (Å²) < 4.78 is 4.68. The first-order valence-corrected chi connectivity index (χ1v) is 3.94. The molecule has 2 heteroatoms. The molecule has 0 saturated carbocycles. The van der Waals surface area contributed by atoms with Gasteiger partial charge in [-0.1, -0.05) is 27.4 Å². The molecule has 1 unspecified atom stereocenters. The molecular formula is C9H16O2. The number of rotatable bonds is 4. The number of hydrogen-bond donors (Lipinski definition) is 0. The first-order valence-electron chi connectivity index (χ1n) is 3.94. The van der Waals surface area contributed by atoms with Crippen LogP contribution in [0.2, 0.25) is 0 Å². The number of carbonyl (C=O) groups excluding carboxylic acids is 1. The molecule has 0 heterocycles. The minimum absolute atomic E-state index is 0.00741. The van der Waals surface area contributed by atoms with E-state index in [4.69, 9.17) is 0 Å². The van der Waals surface area contributed by atoms with Crippen LogP contribution >= 0.6 is 0 Å². The van der Waals surface area contributed by atoms with Gasteiger partial charge in [-0.25, -0.2) is 0 Å². The van der Waals surface area contributed by atoms with Crippen LogP contribution in [0.5, 0.6) is 0 Å². The third kappa shape index (κ3) is 3.21. The molecule has 0 fully saturated rings. The fourth-order valence-electron chi connectivity index (χ4n) is 1.08. The lowest BCUT2D eigenvalue weighted by Gasteiger charge is -2.15. The Morgan fingerprint density at radius 2 is 2.18 bits per heavy atom. The van der Waals surface area contributed by atoms with E-state index in [1.807, 2.05) is 20.8 Å². The van der Waals surface area contributed by atoms with E-state index in [0.717, 1.165) is 6.42 Å². The van der Waals surface area contributed by atoms with Gasteiger partial charge in [0, 0.05) is 0 Å². The monoisotopic (exact) mass is 156 g/mol. The number of carbonyl (C=O) groups is 1. The molecular weight excluding hydrogens is 140 g/mol. The van der Waals surface area contributed by atoms with Crippen molar-refractivity contribution in [3.63, 3.8) is 0 Å². The summed E-state index contributed by atoms with van der Waals surface area (Å²) in [4.78, 5) is 11.1. The fraction of sp³-hybridized carbons (Fsp3) is 0.667. The molecule has 0 radical (unpaired) electrons. The predicted molar refractivity (Wildman–Crippen MR) is 44.9 cm³/mol. The standard InChI is InChI=1S/C9H16O2/c1-5-8(7(3)4)9(10)11-6-2/h6-8H,2,5H2,1,3-4H3. The molecule has 11 heavy (non-hydrogen) atoms. The summed E-state index contributed by atoms with van der Waals surface area (Å²) in [7, 11) is 0. The van der Waals surface area contributed by atoms with Gasteiger partial charge in [-0.3, -0.25) is 4.79 Å². The van der Waals surface area contributed by atoms with Gasteiger partial charge in [0.05, 0.1) is 12.2 Å². The summed E-state index contributed by atoms with van der Waals surface area (Å²) in [5.74, 6) is 0.179. The molecule has 0 aliphatic carbocycles. The molecule has 0 N–H and O–H groups in total. The number of ether oxygens (including phenoxy) is 1. The van der Waals surface area contributed by atoms with Crippen molar-refractivity contribution in [3.05, 3.63) is 12.8 Å². The Labute approximate surface area is 68.2 Å². The van der Waals surface area contributed by atoms with Crippen molar-refractivity contribution in [3.8, 4) is 0 Å². The van der Waals surface area contributed by atoms with Gasteiger partial charge in [0.2, 0.25) is 0 Å². The molecule has 0 aromatic rings. The van der Waals surface area contributed by atoms with E-state index >= 15 is 0 Å². The largest absolute Gasteiger partial charge is 0.435 e. The first kappa shape index (κ1) is 10.2. The highest BCUT2D eigenvalue weighted by molar-refractivity contribution is 5.73. The van der Waals surface area contributed by atoms with E-state index in [1.165, 1.54) is 6.26 Å². The Kier molecular flexibility index (Phi) is 4.59.